The van der Waals surface area contributed by atoms with Crippen LogP contribution in [0.15, 0.2) is 60.2 Å². The van der Waals surface area contributed by atoms with E-state index in [0.717, 1.165) is 0 Å². The molecule has 3 aliphatic carbocycles. The average molecular weight is 242 g/mol. The highest BCUT2D eigenvalue weighted by Crippen LogP contribution is 2.49. The quantitative estimate of drug-likeness (QED) is 0.632. The Labute approximate surface area is 112 Å². The van der Waals surface area contributed by atoms with E-state index in [0.29, 0.717) is 11.8 Å². The summed E-state index contributed by atoms with van der Waals surface area (Å²) >= 11 is 0. The molecule has 3 aliphatic rings. The van der Waals surface area contributed by atoms with Crippen molar-refractivity contribution in [3.05, 3.63) is 76.9 Å². The SMILES string of the molecule is C1=CC2Cc3cccc4ccc5c(c34)C2C(=C1)C=C5. The van der Waals surface area contributed by atoms with Crippen LogP contribution in [0.25, 0.3) is 16.8 Å². The van der Waals surface area contributed by atoms with Crippen LogP contribution in [0.1, 0.15) is 22.6 Å². The molecule has 0 amide bonds. The molecule has 0 aliphatic heterocycles. The third-order valence-corrected chi connectivity index (χ3v) is 4.86. The molecule has 2 unspecified atom stereocenters. The predicted octanol–water partition coefficient (Wildman–Crippen LogP) is 4.62. The average Bonchev–Trinajstić information content (AvgIpc) is 2.47. The Bertz CT molecular complexity index is 802. The molecule has 2 atom stereocenters. The molecule has 5 rings (SSSR count). The first kappa shape index (κ1) is 9.80. The number of hydrogen-bond donors (Lipinski definition) is 0. The lowest BCUT2D eigenvalue weighted by molar-refractivity contribution is 0.549. The number of rotatable bonds is 0. The Morgan fingerprint density at radius 2 is 2.00 bits per heavy atom. The van der Waals surface area contributed by atoms with Crippen molar-refractivity contribution in [1.29, 1.82) is 0 Å². The van der Waals surface area contributed by atoms with Crippen LogP contribution in [-0.4, -0.2) is 0 Å². The van der Waals surface area contributed by atoms with Crippen LogP contribution in [0.2, 0.25) is 0 Å². The predicted molar refractivity (Wildman–Crippen MR) is 80.1 cm³/mol. The van der Waals surface area contributed by atoms with E-state index < -0.39 is 0 Å². The molecule has 0 aromatic heterocycles. The van der Waals surface area contributed by atoms with Gasteiger partial charge in [-0.25, -0.2) is 0 Å². The molecule has 0 N–H and O–H groups in total. The minimum absolute atomic E-state index is 0.587. The van der Waals surface area contributed by atoms with Gasteiger partial charge in [0.2, 0.25) is 0 Å². The van der Waals surface area contributed by atoms with Gasteiger partial charge in [0, 0.05) is 5.92 Å². The molecule has 19 heavy (non-hydrogen) atoms. The van der Waals surface area contributed by atoms with Crippen molar-refractivity contribution >= 4 is 16.8 Å². The lowest BCUT2D eigenvalue weighted by Crippen LogP contribution is -2.24. The molecule has 0 heterocycles. The Kier molecular flexibility index (Phi) is 1.69. The second kappa shape index (κ2) is 3.27. The molecule has 0 heteroatoms. The van der Waals surface area contributed by atoms with E-state index in [4.69, 9.17) is 0 Å². The van der Waals surface area contributed by atoms with Crippen LogP contribution in [0.3, 0.4) is 0 Å². The van der Waals surface area contributed by atoms with Gasteiger partial charge < -0.3 is 0 Å². The summed E-state index contributed by atoms with van der Waals surface area (Å²) in [6, 6.07) is 11.3. The van der Waals surface area contributed by atoms with Gasteiger partial charge in [-0.3, -0.25) is 0 Å². The summed E-state index contributed by atoms with van der Waals surface area (Å²) in [5.41, 5.74) is 6.00. The molecule has 90 valence electrons. The van der Waals surface area contributed by atoms with E-state index in [1.807, 2.05) is 0 Å². The molecule has 0 saturated carbocycles. The topological polar surface area (TPSA) is 0 Å². The highest BCUT2D eigenvalue weighted by Gasteiger charge is 2.34. The van der Waals surface area contributed by atoms with Crippen molar-refractivity contribution in [1.82, 2.24) is 0 Å². The Hall–Kier alpha value is -2.08. The lowest BCUT2D eigenvalue weighted by atomic mass is 9.66. The summed E-state index contributed by atoms with van der Waals surface area (Å²) in [4.78, 5) is 0. The molecule has 0 radical (unpaired) electrons. The molecular formula is C19H14. The van der Waals surface area contributed by atoms with Crippen molar-refractivity contribution in [2.45, 2.75) is 12.3 Å². The van der Waals surface area contributed by atoms with E-state index in [2.05, 4.69) is 60.7 Å². The largest absolute Gasteiger partial charge is 0.0801 e. The smallest absolute Gasteiger partial charge is 0.0168 e. The molecule has 0 spiro atoms. The standard InChI is InChI=1S/C19H14/c1-3-12-7-9-14-10-8-13-4-2-6-16-11-15(5-1)17(12)19(14)18(13)16/h1-10,15,17H,11H2. The maximum Gasteiger partial charge on any atom is 0.0168 e. The van der Waals surface area contributed by atoms with Crippen molar-refractivity contribution in [2.24, 2.45) is 5.92 Å². The van der Waals surface area contributed by atoms with Crippen LogP contribution in [-0.2, 0) is 6.42 Å². The molecule has 2 aromatic carbocycles. The van der Waals surface area contributed by atoms with E-state index in [-0.39, 0.29) is 0 Å². The highest BCUT2D eigenvalue weighted by atomic mass is 14.4. The lowest BCUT2D eigenvalue weighted by Gasteiger charge is -2.37. The molecule has 0 saturated heterocycles. The maximum atomic E-state index is 2.39. The zero-order valence-electron chi connectivity index (χ0n) is 10.6. The van der Waals surface area contributed by atoms with Gasteiger partial charge in [0.1, 0.15) is 0 Å². The first-order chi connectivity index (χ1) is 9.42. The van der Waals surface area contributed by atoms with Gasteiger partial charge in [-0.1, -0.05) is 60.7 Å². The fourth-order valence-corrected chi connectivity index (χ4v) is 4.09. The van der Waals surface area contributed by atoms with E-state index in [9.17, 15) is 0 Å². The van der Waals surface area contributed by atoms with E-state index in [1.165, 1.54) is 33.9 Å². The number of allylic oxidation sites excluding steroid dienone is 5. The van der Waals surface area contributed by atoms with Gasteiger partial charge in [0.15, 0.2) is 0 Å². The molecular weight excluding hydrogens is 228 g/mol. The zero-order chi connectivity index (χ0) is 12.4. The van der Waals surface area contributed by atoms with Gasteiger partial charge in [-0.2, -0.15) is 0 Å². The highest BCUT2D eigenvalue weighted by molar-refractivity contribution is 5.94. The molecule has 0 nitrogen and oxygen atoms in total. The van der Waals surface area contributed by atoms with E-state index in [1.54, 1.807) is 5.56 Å². The monoisotopic (exact) mass is 242 g/mol. The summed E-state index contributed by atoms with van der Waals surface area (Å²) in [5.74, 6) is 1.23. The summed E-state index contributed by atoms with van der Waals surface area (Å²) in [6.07, 6.45) is 12.7. The van der Waals surface area contributed by atoms with Gasteiger partial charge in [-0.15, -0.1) is 0 Å². The summed E-state index contributed by atoms with van der Waals surface area (Å²) in [7, 11) is 0. The van der Waals surface area contributed by atoms with Crippen molar-refractivity contribution < 1.29 is 0 Å². The zero-order valence-corrected chi connectivity index (χ0v) is 10.6. The molecule has 2 aromatic rings. The van der Waals surface area contributed by atoms with Gasteiger partial charge >= 0.3 is 0 Å². The van der Waals surface area contributed by atoms with Crippen molar-refractivity contribution in [3.63, 3.8) is 0 Å². The minimum Gasteiger partial charge on any atom is -0.0801 e. The second-order valence-electron chi connectivity index (χ2n) is 5.81. The normalized spacial score (nSPS) is 25.6. The second-order valence-corrected chi connectivity index (χ2v) is 5.81. The third kappa shape index (κ3) is 1.14. The van der Waals surface area contributed by atoms with E-state index >= 15 is 0 Å². The first-order valence-electron chi connectivity index (χ1n) is 7.03. The van der Waals surface area contributed by atoms with Gasteiger partial charge in [0.05, 0.1) is 0 Å². The fourth-order valence-electron chi connectivity index (χ4n) is 4.09. The number of hydrogen-bond acceptors (Lipinski definition) is 0. The van der Waals surface area contributed by atoms with Crippen LogP contribution < -0.4 is 0 Å². The Morgan fingerprint density at radius 3 is 3.00 bits per heavy atom. The summed E-state index contributed by atoms with van der Waals surface area (Å²) in [5, 5.41) is 2.92. The Morgan fingerprint density at radius 1 is 1.00 bits per heavy atom. The molecule has 0 bridgehead atoms. The van der Waals surface area contributed by atoms with Crippen LogP contribution in [0.5, 0.6) is 0 Å². The molecule has 0 fully saturated rings. The number of benzene rings is 2. The first-order valence-corrected chi connectivity index (χ1v) is 7.03. The third-order valence-electron chi connectivity index (χ3n) is 4.86. The van der Waals surface area contributed by atoms with Crippen molar-refractivity contribution in [2.75, 3.05) is 0 Å². The fraction of sp³-hybridized carbons (Fsp3) is 0.158. The van der Waals surface area contributed by atoms with Gasteiger partial charge in [0.25, 0.3) is 0 Å². The minimum atomic E-state index is 0.587. The summed E-state index contributed by atoms with van der Waals surface area (Å²) < 4.78 is 0. The Balaban J connectivity index is 1.99. The van der Waals surface area contributed by atoms with Crippen LogP contribution in [0, 0.1) is 5.92 Å². The van der Waals surface area contributed by atoms with Gasteiger partial charge in [-0.05, 0) is 45.4 Å². The van der Waals surface area contributed by atoms with Crippen molar-refractivity contribution in [3.8, 4) is 0 Å². The van der Waals surface area contributed by atoms with Crippen LogP contribution in [0.4, 0.5) is 0 Å². The summed E-state index contributed by atoms with van der Waals surface area (Å²) in [6.45, 7) is 0. The maximum absolute atomic E-state index is 2.39. The van der Waals surface area contributed by atoms with Crippen LogP contribution >= 0.6 is 0 Å².